The molecule has 16 heteroatoms. The molecule has 0 unspecified atom stereocenters. The van der Waals surface area contributed by atoms with Crippen molar-refractivity contribution in [2.75, 3.05) is 0 Å². The van der Waals surface area contributed by atoms with Gasteiger partial charge in [-0.15, -0.1) is 0 Å². The third kappa shape index (κ3) is 4.80. The molecule has 43 heavy (non-hydrogen) atoms. The van der Waals surface area contributed by atoms with Crippen LogP contribution < -0.4 is 8.37 Å². The van der Waals surface area contributed by atoms with E-state index in [2.05, 4.69) is 8.37 Å². The second kappa shape index (κ2) is 9.43. The highest BCUT2D eigenvalue weighted by atomic mass is 32.2. The molecule has 8 nitrogen and oxygen atoms in total. The molecule has 0 radical (unpaired) electrons. The van der Waals surface area contributed by atoms with Crippen molar-refractivity contribution in [2.45, 2.75) is 81.6 Å². The van der Waals surface area contributed by atoms with Crippen LogP contribution >= 0.6 is 0 Å². The third-order valence-electron chi connectivity index (χ3n) is 8.10. The van der Waals surface area contributed by atoms with Crippen LogP contribution in [0.1, 0.15) is 94.6 Å². The first-order valence-electron chi connectivity index (χ1n) is 12.6. The van der Waals surface area contributed by atoms with E-state index < -0.39 is 70.1 Å². The summed E-state index contributed by atoms with van der Waals surface area (Å²) in [5, 5.41) is 0. The van der Waals surface area contributed by atoms with Gasteiger partial charge >= 0.3 is 31.3 Å². The lowest BCUT2D eigenvalue weighted by Crippen LogP contribution is -2.31. The maximum Gasteiger partial charge on any atom is 0.534 e. The van der Waals surface area contributed by atoms with Gasteiger partial charge in [0.15, 0.2) is 24.1 Å². The predicted molar refractivity (Wildman–Crippen MR) is 140 cm³/mol. The first-order valence-corrected chi connectivity index (χ1v) is 15.4. The molecule has 0 saturated carbocycles. The third-order valence-corrected chi connectivity index (χ3v) is 10.0. The molecule has 0 amide bonds. The number of fused-ring (bicyclic) bond motifs is 4. The Kier molecular flexibility index (Phi) is 7.19. The number of carbonyl (C=O) groups is 2. The van der Waals surface area contributed by atoms with Crippen LogP contribution in [0.5, 0.6) is 11.5 Å². The van der Waals surface area contributed by atoms with Gasteiger partial charge < -0.3 is 8.37 Å². The van der Waals surface area contributed by atoms with Crippen LogP contribution in [0.15, 0.2) is 12.1 Å². The van der Waals surface area contributed by atoms with E-state index in [0.29, 0.717) is 11.1 Å². The molecule has 2 aliphatic carbocycles. The Morgan fingerprint density at radius 3 is 1.23 bits per heavy atom. The highest BCUT2D eigenvalue weighted by molar-refractivity contribution is 7.88. The smallest absolute Gasteiger partial charge is 0.375 e. The largest absolute Gasteiger partial charge is 0.534 e. The van der Waals surface area contributed by atoms with Crippen molar-refractivity contribution < 1.29 is 61.1 Å². The molecule has 4 rings (SSSR count). The SMILES string of the molecule is Cc1cc2c(c(C=O)c1OS(=O)(=O)C(F)(F)F)C1(CC2(C)C)CC(C)(C)c2cc(C)c(OS(=O)(=O)C(F)(F)F)c(C=O)c21. The molecule has 2 aliphatic rings. The Hall–Kier alpha value is -3.14. The lowest BCUT2D eigenvalue weighted by atomic mass is 9.70. The molecule has 2 aromatic rings. The van der Waals surface area contributed by atoms with E-state index in [0.717, 1.165) is 0 Å². The maximum absolute atomic E-state index is 13.3. The van der Waals surface area contributed by atoms with Crippen LogP contribution in [0.3, 0.4) is 0 Å². The summed E-state index contributed by atoms with van der Waals surface area (Å²) >= 11 is 0. The number of carbonyl (C=O) groups excluding carboxylic acids is 2. The zero-order valence-corrected chi connectivity index (χ0v) is 25.2. The topological polar surface area (TPSA) is 121 Å². The van der Waals surface area contributed by atoms with Crippen molar-refractivity contribution in [3.05, 3.63) is 56.6 Å². The normalized spacial score (nSPS) is 18.7. The zero-order valence-electron chi connectivity index (χ0n) is 23.6. The van der Waals surface area contributed by atoms with Crippen LogP contribution in [-0.2, 0) is 36.5 Å². The van der Waals surface area contributed by atoms with Gasteiger partial charge in [-0.3, -0.25) is 9.59 Å². The summed E-state index contributed by atoms with van der Waals surface area (Å²) in [6.07, 6.45) is 0.358. The number of hydrogen-bond acceptors (Lipinski definition) is 8. The van der Waals surface area contributed by atoms with Crippen molar-refractivity contribution >= 4 is 32.8 Å². The average Bonchev–Trinajstić information content (AvgIpc) is 3.17. The monoisotopic (exact) mass is 656 g/mol. The van der Waals surface area contributed by atoms with Gasteiger partial charge in [-0.05, 0) is 70.9 Å². The number of benzene rings is 2. The quantitative estimate of drug-likeness (QED) is 0.160. The second-order valence-corrected chi connectivity index (χ2v) is 15.2. The summed E-state index contributed by atoms with van der Waals surface area (Å²) in [6, 6.07) is 2.73. The molecule has 2 aromatic carbocycles. The van der Waals surface area contributed by atoms with Gasteiger partial charge in [-0.2, -0.15) is 43.2 Å². The number of hydrogen-bond donors (Lipinski definition) is 0. The number of alkyl halides is 6. The Labute approximate surface area is 243 Å². The molecular formula is C27H26F6O8S2. The van der Waals surface area contributed by atoms with Gasteiger partial charge in [-0.1, -0.05) is 39.8 Å². The highest BCUT2D eigenvalue weighted by Crippen LogP contribution is 2.65. The van der Waals surface area contributed by atoms with Crippen molar-refractivity contribution in [1.29, 1.82) is 0 Å². The molecule has 0 saturated heterocycles. The Morgan fingerprint density at radius 2 is 0.977 bits per heavy atom. The summed E-state index contributed by atoms with van der Waals surface area (Å²) in [7, 11) is -12.5. The van der Waals surface area contributed by atoms with Crippen LogP contribution in [0.25, 0.3) is 0 Å². The van der Waals surface area contributed by atoms with Crippen LogP contribution in [0, 0.1) is 13.8 Å². The standard InChI is InChI=1S/C27H26F6O8S2/c1-13-7-17-19(15(9-34)21(13)40-42(36,37)26(28,29)30)25(11-23(17,3)4)12-24(5,6)18-8-14(2)22(16(10-35)20(18)25)41-43(38,39)27(31,32)33/h7-10H,11-12H2,1-6H3. The maximum atomic E-state index is 13.3. The van der Waals surface area contributed by atoms with Crippen molar-refractivity contribution in [3.63, 3.8) is 0 Å². The summed E-state index contributed by atoms with van der Waals surface area (Å²) in [5.74, 6) is -1.80. The fourth-order valence-corrected chi connectivity index (χ4v) is 7.82. The minimum atomic E-state index is -6.24. The van der Waals surface area contributed by atoms with Gasteiger partial charge in [0.25, 0.3) is 0 Å². The molecule has 0 atom stereocenters. The molecule has 0 N–H and O–H groups in total. The van der Waals surface area contributed by atoms with Crippen LogP contribution in [0.4, 0.5) is 26.3 Å². The van der Waals surface area contributed by atoms with E-state index in [-0.39, 0.29) is 47.7 Å². The number of rotatable bonds is 6. The van der Waals surface area contributed by atoms with E-state index >= 15 is 0 Å². The van der Waals surface area contributed by atoms with Gasteiger partial charge in [0.2, 0.25) is 0 Å². The molecule has 0 bridgehead atoms. The van der Waals surface area contributed by atoms with E-state index in [1.165, 1.54) is 26.0 Å². The van der Waals surface area contributed by atoms with Crippen molar-refractivity contribution in [3.8, 4) is 11.5 Å². The molecule has 1 spiro atoms. The lowest BCUT2D eigenvalue weighted by molar-refractivity contribution is -0.0505. The van der Waals surface area contributed by atoms with Crippen LogP contribution in [-0.4, -0.2) is 40.4 Å². The summed E-state index contributed by atoms with van der Waals surface area (Å²) < 4.78 is 137. The number of aryl methyl sites for hydroxylation is 2. The van der Waals surface area contributed by atoms with Gasteiger partial charge in [0, 0.05) is 5.41 Å². The van der Waals surface area contributed by atoms with E-state index in [1.54, 1.807) is 27.7 Å². The second-order valence-electron chi connectivity index (χ2n) is 12.1. The van der Waals surface area contributed by atoms with E-state index in [1.807, 2.05) is 0 Å². The minimum Gasteiger partial charge on any atom is -0.375 e. The van der Waals surface area contributed by atoms with Crippen molar-refractivity contribution in [1.82, 2.24) is 0 Å². The first kappa shape index (κ1) is 32.8. The molecule has 0 aliphatic heterocycles. The van der Waals surface area contributed by atoms with Gasteiger partial charge in [0.05, 0.1) is 11.1 Å². The number of aldehydes is 2. The van der Waals surface area contributed by atoms with E-state index in [4.69, 9.17) is 0 Å². The summed E-state index contributed by atoms with van der Waals surface area (Å²) in [4.78, 5) is 25.2. The highest BCUT2D eigenvalue weighted by Gasteiger charge is 2.60. The Balaban J connectivity index is 2.16. The first-order chi connectivity index (χ1) is 19.3. The summed E-state index contributed by atoms with van der Waals surface area (Å²) in [6.45, 7) is 9.41. The molecule has 236 valence electrons. The predicted octanol–water partition coefficient (Wildman–Crippen LogP) is 6.03. The molecular weight excluding hydrogens is 630 g/mol. The molecule has 0 fully saturated rings. The molecule has 0 aromatic heterocycles. The fourth-order valence-electron chi connectivity index (χ4n) is 6.75. The Bertz CT molecular complexity index is 1660. The minimum absolute atomic E-state index is 0.0221. The summed E-state index contributed by atoms with van der Waals surface area (Å²) in [5.41, 5.74) is -15.4. The van der Waals surface area contributed by atoms with Crippen LogP contribution in [0.2, 0.25) is 0 Å². The van der Waals surface area contributed by atoms with Gasteiger partial charge in [0.1, 0.15) is 0 Å². The zero-order chi connectivity index (χ0) is 32.9. The van der Waals surface area contributed by atoms with E-state index in [9.17, 15) is 52.8 Å². The van der Waals surface area contributed by atoms with Crippen molar-refractivity contribution in [2.24, 2.45) is 0 Å². The fraction of sp³-hybridized carbons (Fsp3) is 0.481. The lowest BCUT2D eigenvalue weighted by Gasteiger charge is -2.32. The Morgan fingerprint density at radius 1 is 0.674 bits per heavy atom. The number of halogens is 6. The van der Waals surface area contributed by atoms with Gasteiger partial charge in [-0.25, -0.2) is 0 Å². The molecule has 0 heterocycles. The average molecular weight is 657 g/mol.